The summed E-state index contributed by atoms with van der Waals surface area (Å²) in [5, 5.41) is 4.26. The van der Waals surface area contributed by atoms with Gasteiger partial charge in [-0.15, -0.1) is 0 Å². The Morgan fingerprint density at radius 2 is 1.71 bits per heavy atom. The van der Waals surface area contributed by atoms with Crippen LogP contribution in [0.5, 0.6) is 0 Å². The number of hydrogen-bond acceptors (Lipinski definition) is 1. The number of halogens is 1. The lowest BCUT2D eigenvalue weighted by molar-refractivity contribution is 0.567. The van der Waals surface area contributed by atoms with Gasteiger partial charge in [0, 0.05) is 5.02 Å². The zero-order valence-corrected chi connectivity index (χ0v) is 14.3. The maximum absolute atomic E-state index is 6.30. The van der Waals surface area contributed by atoms with E-state index >= 15 is 0 Å². The third kappa shape index (κ3) is 3.48. The first-order valence-electron chi connectivity index (χ1n) is 7.37. The Labute approximate surface area is 133 Å². The summed E-state index contributed by atoms with van der Waals surface area (Å²) in [4.78, 5) is 0. The number of nitrogens with one attached hydrogen (secondary N) is 1. The molecule has 2 rings (SSSR count). The van der Waals surface area contributed by atoms with Crippen molar-refractivity contribution in [3.63, 3.8) is 0 Å². The fraction of sp³-hybridized carbons (Fsp3) is 0.368. The fourth-order valence-corrected chi connectivity index (χ4v) is 2.91. The molecule has 0 saturated carbocycles. The van der Waals surface area contributed by atoms with E-state index in [4.69, 9.17) is 11.6 Å². The second-order valence-corrected chi connectivity index (χ2v) is 6.97. The largest absolute Gasteiger partial charge is 0.309 e. The molecule has 0 aliphatic rings. The molecule has 112 valence electrons. The summed E-state index contributed by atoms with van der Waals surface area (Å²) in [6.07, 6.45) is 0. The van der Waals surface area contributed by atoms with Crippen LogP contribution in [0, 0.1) is 6.92 Å². The Morgan fingerprint density at radius 1 is 1.05 bits per heavy atom. The van der Waals surface area contributed by atoms with Crippen molar-refractivity contribution in [3.8, 4) is 0 Å². The summed E-state index contributed by atoms with van der Waals surface area (Å²) in [6, 6.07) is 15.1. The molecule has 21 heavy (non-hydrogen) atoms. The van der Waals surface area contributed by atoms with E-state index in [1.807, 2.05) is 14.0 Å². The molecule has 0 saturated heterocycles. The molecule has 1 atom stereocenters. The van der Waals surface area contributed by atoms with Gasteiger partial charge in [-0.1, -0.05) is 68.8 Å². The third-order valence-corrected chi connectivity index (χ3v) is 4.30. The Morgan fingerprint density at radius 3 is 2.29 bits per heavy atom. The molecule has 0 radical (unpaired) electrons. The number of aryl methyl sites for hydroxylation is 1. The molecular formula is C19H24ClN. The normalized spacial score (nSPS) is 13.2. The summed E-state index contributed by atoms with van der Waals surface area (Å²) in [5.74, 6) is 0. The molecule has 2 aromatic carbocycles. The van der Waals surface area contributed by atoms with Gasteiger partial charge in [0.1, 0.15) is 0 Å². The maximum Gasteiger partial charge on any atom is 0.0577 e. The van der Waals surface area contributed by atoms with Gasteiger partial charge >= 0.3 is 0 Å². The topological polar surface area (TPSA) is 12.0 Å². The summed E-state index contributed by atoms with van der Waals surface area (Å²) >= 11 is 6.30. The first-order chi connectivity index (χ1) is 9.84. The highest BCUT2D eigenvalue weighted by atomic mass is 35.5. The molecule has 0 spiro atoms. The lowest BCUT2D eigenvalue weighted by Crippen LogP contribution is -2.23. The van der Waals surface area contributed by atoms with Crippen molar-refractivity contribution in [1.82, 2.24) is 5.32 Å². The predicted octanol–water partition coefficient (Wildman–Crippen LogP) is 5.25. The molecule has 1 nitrogen and oxygen atoms in total. The van der Waals surface area contributed by atoms with Crippen LogP contribution in [0.25, 0.3) is 0 Å². The van der Waals surface area contributed by atoms with Crippen molar-refractivity contribution in [2.75, 3.05) is 7.05 Å². The molecule has 0 amide bonds. The van der Waals surface area contributed by atoms with E-state index in [1.165, 1.54) is 16.7 Å². The second kappa shape index (κ2) is 6.21. The Hall–Kier alpha value is -1.31. The molecule has 2 aromatic rings. The van der Waals surface area contributed by atoms with Crippen LogP contribution < -0.4 is 5.32 Å². The molecule has 0 bridgehead atoms. The third-order valence-electron chi connectivity index (χ3n) is 3.90. The SMILES string of the molecule is CNC(c1ccc(C)c(Cl)c1)c1ccccc1C(C)(C)C. The quantitative estimate of drug-likeness (QED) is 0.816. The van der Waals surface area contributed by atoms with Gasteiger partial charge in [0.15, 0.2) is 0 Å². The van der Waals surface area contributed by atoms with Gasteiger partial charge in [-0.25, -0.2) is 0 Å². The van der Waals surface area contributed by atoms with Crippen molar-refractivity contribution in [2.24, 2.45) is 0 Å². The van der Waals surface area contributed by atoms with E-state index < -0.39 is 0 Å². The van der Waals surface area contributed by atoms with Gasteiger partial charge in [0.05, 0.1) is 6.04 Å². The fourth-order valence-electron chi connectivity index (χ4n) is 2.72. The van der Waals surface area contributed by atoms with Crippen LogP contribution in [0.2, 0.25) is 5.02 Å². The lowest BCUT2D eigenvalue weighted by atomic mass is 9.80. The molecule has 0 fully saturated rings. The molecule has 0 heterocycles. The minimum Gasteiger partial charge on any atom is -0.309 e. The van der Waals surface area contributed by atoms with Crippen LogP contribution in [-0.4, -0.2) is 7.05 Å². The standard InChI is InChI=1S/C19H24ClN/c1-13-10-11-14(12-17(13)20)18(21-5)15-8-6-7-9-16(15)19(2,3)4/h6-12,18,21H,1-5H3. The maximum atomic E-state index is 6.30. The minimum atomic E-state index is 0.111. The van der Waals surface area contributed by atoms with Crippen LogP contribution in [0.4, 0.5) is 0 Å². The molecule has 0 aromatic heterocycles. The molecule has 1 unspecified atom stereocenters. The van der Waals surface area contributed by atoms with Gasteiger partial charge in [-0.2, -0.15) is 0 Å². The summed E-state index contributed by atoms with van der Waals surface area (Å²) in [6.45, 7) is 8.78. The first-order valence-corrected chi connectivity index (χ1v) is 7.75. The molecule has 0 aliphatic heterocycles. The molecule has 2 heteroatoms. The molecule has 1 N–H and O–H groups in total. The highest BCUT2D eigenvalue weighted by molar-refractivity contribution is 6.31. The molecular weight excluding hydrogens is 278 g/mol. The van der Waals surface area contributed by atoms with Crippen molar-refractivity contribution in [2.45, 2.75) is 39.2 Å². The highest BCUT2D eigenvalue weighted by Gasteiger charge is 2.22. The van der Waals surface area contributed by atoms with E-state index in [2.05, 4.69) is 68.6 Å². The van der Waals surface area contributed by atoms with E-state index in [1.54, 1.807) is 0 Å². The van der Waals surface area contributed by atoms with Crippen LogP contribution in [0.1, 0.15) is 49.1 Å². The lowest BCUT2D eigenvalue weighted by Gasteiger charge is -2.28. The Bertz CT molecular complexity index is 626. The number of rotatable bonds is 3. The summed E-state index contributed by atoms with van der Waals surface area (Å²) < 4.78 is 0. The van der Waals surface area contributed by atoms with Crippen molar-refractivity contribution in [1.29, 1.82) is 0 Å². The average molecular weight is 302 g/mol. The van der Waals surface area contributed by atoms with E-state index in [0.717, 1.165) is 10.6 Å². The Kier molecular flexibility index (Phi) is 4.75. The highest BCUT2D eigenvalue weighted by Crippen LogP contribution is 2.33. The zero-order chi connectivity index (χ0) is 15.6. The summed E-state index contributed by atoms with van der Waals surface area (Å²) in [7, 11) is 2.00. The number of hydrogen-bond donors (Lipinski definition) is 1. The Balaban J connectivity index is 2.54. The van der Waals surface area contributed by atoms with E-state index in [9.17, 15) is 0 Å². The van der Waals surface area contributed by atoms with Gasteiger partial charge < -0.3 is 5.32 Å². The van der Waals surface area contributed by atoms with Crippen LogP contribution >= 0.6 is 11.6 Å². The smallest absolute Gasteiger partial charge is 0.0577 e. The van der Waals surface area contributed by atoms with Crippen LogP contribution in [0.15, 0.2) is 42.5 Å². The predicted molar refractivity (Wildman–Crippen MR) is 92.2 cm³/mol. The minimum absolute atomic E-state index is 0.111. The van der Waals surface area contributed by atoms with Gasteiger partial charge in [-0.05, 0) is 47.7 Å². The van der Waals surface area contributed by atoms with Gasteiger partial charge in [0.2, 0.25) is 0 Å². The van der Waals surface area contributed by atoms with Crippen molar-refractivity contribution >= 4 is 11.6 Å². The van der Waals surface area contributed by atoms with Crippen molar-refractivity contribution < 1.29 is 0 Å². The van der Waals surface area contributed by atoms with Crippen LogP contribution in [-0.2, 0) is 5.41 Å². The van der Waals surface area contributed by atoms with Gasteiger partial charge in [-0.3, -0.25) is 0 Å². The second-order valence-electron chi connectivity index (χ2n) is 6.57. The monoisotopic (exact) mass is 301 g/mol. The number of benzene rings is 2. The molecule has 0 aliphatic carbocycles. The van der Waals surface area contributed by atoms with E-state index in [0.29, 0.717) is 0 Å². The summed E-state index contributed by atoms with van der Waals surface area (Å²) in [5.41, 5.74) is 5.10. The van der Waals surface area contributed by atoms with Crippen molar-refractivity contribution in [3.05, 3.63) is 69.7 Å². The zero-order valence-electron chi connectivity index (χ0n) is 13.5. The van der Waals surface area contributed by atoms with Gasteiger partial charge in [0.25, 0.3) is 0 Å². The average Bonchev–Trinajstić information content (AvgIpc) is 2.43. The first kappa shape index (κ1) is 16.1. The van der Waals surface area contributed by atoms with E-state index in [-0.39, 0.29) is 11.5 Å². The van der Waals surface area contributed by atoms with Crippen LogP contribution in [0.3, 0.4) is 0 Å².